The summed E-state index contributed by atoms with van der Waals surface area (Å²) < 4.78 is 5.27. The van der Waals surface area contributed by atoms with Gasteiger partial charge in [-0.25, -0.2) is 0 Å². The molecule has 0 spiro atoms. The van der Waals surface area contributed by atoms with Crippen molar-refractivity contribution >= 4 is 17.2 Å². The molecule has 1 saturated carbocycles. The molecule has 2 aromatic rings. The minimum absolute atomic E-state index is 0.0855. The van der Waals surface area contributed by atoms with Gasteiger partial charge in [-0.1, -0.05) is 12.1 Å². The maximum Gasteiger partial charge on any atom is 0.223 e. The maximum absolute atomic E-state index is 12.5. The van der Waals surface area contributed by atoms with Crippen LogP contribution in [0.4, 0.5) is 0 Å². The van der Waals surface area contributed by atoms with Gasteiger partial charge in [-0.05, 0) is 66.5 Å². The van der Waals surface area contributed by atoms with Crippen molar-refractivity contribution in [2.45, 2.75) is 18.4 Å². The highest BCUT2D eigenvalue weighted by atomic mass is 32.1. The van der Waals surface area contributed by atoms with E-state index in [1.165, 1.54) is 11.1 Å². The predicted molar refractivity (Wildman–Crippen MR) is 97.6 cm³/mol. The van der Waals surface area contributed by atoms with Crippen LogP contribution in [-0.4, -0.2) is 38.6 Å². The Morgan fingerprint density at radius 3 is 2.92 bits per heavy atom. The van der Waals surface area contributed by atoms with Crippen LogP contribution in [0, 0.1) is 5.92 Å². The number of likely N-dealkylation sites (N-methyl/N-ethyl adjacent to an activating group) is 1. The molecule has 4 nitrogen and oxygen atoms in total. The molecule has 1 heterocycles. The SMILES string of the molecule is COc1cccc([C@@H]2C[C@H]2C(=O)NC[C@H](c2ccsc2)N(C)C)c1. The van der Waals surface area contributed by atoms with Crippen molar-refractivity contribution in [3.8, 4) is 5.75 Å². The number of thiophene rings is 1. The van der Waals surface area contributed by atoms with E-state index in [0.717, 1.165) is 12.2 Å². The van der Waals surface area contributed by atoms with Crippen molar-refractivity contribution in [2.75, 3.05) is 27.7 Å². The van der Waals surface area contributed by atoms with Gasteiger partial charge in [-0.3, -0.25) is 4.79 Å². The summed E-state index contributed by atoms with van der Waals surface area (Å²) in [7, 11) is 5.76. The van der Waals surface area contributed by atoms with E-state index in [1.54, 1.807) is 18.4 Å². The number of ether oxygens (including phenoxy) is 1. The number of carbonyl (C=O) groups is 1. The molecule has 1 aromatic carbocycles. The normalized spacial score (nSPS) is 20.7. The van der Waals surface area contributed by atoms with Crippen molar-refractivity contribution in [3.05, 3.63) is 52.2 Å². The Kier molecular flexibility index (Phi) is 5.21. The van der Waals surface area contributed by atoms with E-state index in [0.29, 0.717) is 12.5 Å². The molecule has 0 saturated heterocycles. The first-order valence-electron chi connectivity index (χ1n) is 8.20. The second kappa shape index (κ2) is 7.36. The minimum atomic E-state index is 0.0855. The second-order valence-electron chi connectivity index (χ2n) is 6.51. The van der Waals surface area contributed by atoms with Crippen molar-refractivity contribution in [2.24, 2.45) is 5.92 Å². The Morgan fingerprint density at radius 2 is 2.25 bits per heavy atom. The number of methoxy groups -OCH3 is 1. The largest absolute Gasteiger partial charge is 0.497 e. The molecular weight excluding hydrogens is 320 g/mol. The lowest BCUT2D eigenvalue weighted by atomic mass is 10.1. The Hall–Kier alpha value is -1.85. The van der Waals surface area contributed by atoms with E-state index in [4.69, 9.17) is 4.74 Å². The highest BCUT2D eigenvalue weighted by molar-refractivity contribution is 7.07. The molecule has 0 bridgehead atoms. The Balaban J connectivity index is 1.56. The van der Waals surface area contributed by atoms with Gasteiger partial charge in [0.2, 0.25) is 5.91 Å². The third kappa shape index (κ3) is 3.79. The fourth-order valence-corrected chi connectivity index (χ4v) is 3.82. The molecule has 128 valence electrons. The third-order valence-corrected chi connectivity index (χ3v) is 5.37. The van der Waals surface area contributed by atoms with E-state index < -0.39 is 0 Å². The number of carbonyl (C=O) groups excluding carboxylic acids is 1. The fourth-order valence-electron chi connectivity index (χ4n) is 3.12. The number of benzene rings is 1. The monoisotopic (exact) mass is 344 g/mol. The molecule has 3 atom stereocenters. The van der Waals surface area contributed by atoms with Gasteiger partial charge in [0, 0.05) is 12.5 Å². The van der Waals surface area contributed by atoms with Gasteiger partial charge >= 0.3 is 0 Å². The van der Waals surface area contributed by atoms with Gasteiger partial charge in [-0.2, -0.15) is 11.3 Å². The van der Waals surface area contributed by atoms with Crippen molar-refractivity contribution < 1.29 is 9.53 Å². The van der Waals surface area contributed by atoms with E-state index in [-0.39, 0.29) is 17.9 Å². The van der Waals surface area contributed by atoms with Crippen LogP contribution in [0.2, 0.25) is 0 Å². The van der Waals surface area contributed by atoms with Crippen LogP contribution in [0.5, 0.6) is 5.75 Å². The molecule has 0 aliphatic heterocycles. The molecule has 0 radical (unpaired) electrons. The zero-order chi connectivity index (χ0) is 17.1. The summed E-state index contributed by atoms with van der Waals surface area (Å²) in [4.78, 5) is 14.6. The van der Waals surface area contributed by atoms with Crippen molar-refractivity contribution in [3.63, 3.8) is 0 Å². The smallest absolute Gasteiger partial charge is 0.223 e. The number of rotatable bonds is 7. The first-order valence-corrected chi connectivity index (χ1v) is 9.14. The van der Waals surface area contributed by atoms with E-state index in [2.05, 4.69) is 33.1 Å². The van der Waals surface area contributed by atoms with Gasteiger partial charge in [0.15, 0.2) is 0 Å². The molecule has 3 rings (SSSR count). The highest BCUT2D eigenvalue weighted by Crippen LogP contribution is 2.48. The van der Waals surface area contributed by atoms with Gasteiger partial charge in [-0.15, -0.1) is 0 Å². The van der Waals surface area contributed by atoms with Crippen LogP contribution in [0.15, 0.2) is 41.1 Å². The molecule has 1 aliphatic rings. The van der Waals surface area contributed by atoms with E-state index >= 15 is 0 Å². The summed E-state index contributed by atoms with van der Waals surface area (Å²) in [6.45, 7) is 0.643. The zero-order valence-electron chi connectivity index (χ0n) is 14.4. The van der Waals surface area contributed by atoms with E-state index in [9.17, 15) is 4.79 Å². The topological polar surface area (TPSA) is 41.6 Å². The lowest BCUT2D eigenvalue weighted by Gasteiger charge is -2.24. The number of nitrogens with one attached hydrogen (secondary N) is 1. The fraction of sp³-hybridized carbons (Fsp3) is 0.421. The molecule has 1 aromatic heterocycles. The summed E-state index contributed by atoms with van der Waals surface area (Å²) >= 11 is 1.69. The lowest BCUT2D eigenvalue weighted by molar-refractivity contribution is -0.122. The molecule has 5 heteroatoms. The molecule has 1 N–H and O–H groups in total. The molecule has 0 unspecified atom stereocenters. The number of hydrogen-bond donors (Lipinski definition) is 1. The van der Waals surface area contributed by atoms with Gasteiger partial charge in [0.1, 0.15) is 5.75 Å². The summed E-state index contributed by atoms with van der Waals surface area (Å²) in [5, 5.41) is 7.36. The highest BCUT2D eigenvalue weighted by Gasteiger charge is 2.44. The number of hydrogen-bond acceptors (Lipinski definition) is 4. The van der Waals surface area contributed by atoms with Crippen LogP contribution < -0.4 is 10.1 Å². The van der Waals surface area contributed by atoms with E-state index in [1.807, 2.05) is 32.3 Å². The quantitative estimate of drug-likeness (QED) is 0.838. The predicted octanol–water partition coefficient (Wildman–Crippen LogP) is 3.28. The summed E-state index contributed by atoms with van der Waals surface area (Å²) in [6.07, 6.45) is 0.921. The van der Waals surface area contributed by atoms with Gasteiger partial charge in [0.05, 0.1) is 13.2 Å². The molecule has 1 aliphatic carbocycles. The van der Waals surface area contributed by atoms with Crippen molar-refractivity contribution in [1.29, 1.82) is 0 Å². The second-order valence-corrected chi connectivity index (χ2v) is 7.29. The summed E-state index contributed by atoms with van der Waals surface area (Å²) in [5.74, 6) is 1.41. The molecular formula is C19H24N2O2S. The molecule has 24 heavy (non-hydrogen) atoms. The van der Waals surface area contributed by atoms with Crippen LogP contribution in [0.3, 0.4) is 0 Å². The summed E-state index contributed by atoms with van der Waals surface area (Å²) in [6, 6.07) is 10.4. The average Bonchev–Trinajstić information content (AvgIpc) is 3.22. The Labute approximate surface area is 147 Å². The average molecular weight is 344 g/mol. The summed E-state index contributed by atoms with van der Waals surface area (Å²) in [5.41, 5.74) is 2.45. The Morgan fingerprint density at radius 1 is 1.42 bits per heavy atom. The number of nitrogens with zero attached hydrogens (tertiary/aromatic N) is 1. The Bertz CT molecular complexity index is 684. The lowest BCUT2D eigenvalue weighted by Crippen LogP contribution is -2.35. The number of amides is 1. The first-order chi connectivity index (χ1) is 11.6. The minimum Gasteiger partial charge on any atom is -0.497 e. The van der Waals surface area contributed by atoms with Crippen LogP contribution in [-0.2, 0) is 4.79 Å². The molecule has 1 amide bonds. The molecule has 1 fully saturated rings. The third-order valence-electron chi connectivity index (χ3n) is 4.67. The first kappa shape index (κ1) is 17.0. The maximum atomic E-state index is 12.5. The van der Waals surface area contributed by atoms with Gasteiger partial charge in [0.25, 0.3) is 0 Å². The standard InChI is InChI=1S/C19H24N2O2S/c1-21(2)18(14-7-8-24-12-14)11-20-19(22)17-10-16(17)13-5-4-6-15(9-13)23-3/h4-9,12,16-18H,10-11H2,1-3H3,(H,20,22)/t16-,17+,18+/m0/s1. The van der Waals surface area contributed by atoms with Crippen LogP contribution in [0.1, 0.15) is 29.5 Å². The van der Waals surface area contributed by atoms with Crippen molar-refractivity contribution in [1.82, 2.24) is 10.2 Å². The van der Waals surface area contributed by atoms with Crippen LogP contribution >= 0.6 is 11.3 Å². The van der Waals surface area contributed by atoms with Crippen LogP contribution in [0.25, 0.3) is 0 Å². The zero-order valence-corrected chi connectivity index (χ0v) is 15.2. The van der Waals surface area contributed by atoms with Gasteiger partial charge < -0.3 is 15.0 Å².